The molecule has 98 valence electrons. The first-order valence-electron chi connectivity index (χ1n) is 7.00. The van der Waals surface area contributed by atoms with Gasteiger partial charge >= 0.3 is 0 Å². The van der Waals surface area contributed by atoms with Crippen LogP contribution in [-0.4, -0.2) is 36.4 Å². The first-order chi connectivity index (χ1) is 8.81. The molecule has 0 aromatic heterocycles. The second kappa shape index (κ2) is 4.90. The number of nitrogens with zero attached hydrogens (tertiary/aromatic N) is 1. The third kappa shape index (κ3) is 2.52. The number of aliphatic hydroxyl groups is 1. The van der Waals surface area contributed by atoms with Crippen molar-refractivity contribution in [1.82, 2.24) is 5.32 Å². The van der Waals surface area contributed by atoms with Gasteiger partial charge in [-0.1, -0.05) is 18.2 Å². The normalized spacial score (nSPS) is 23.1. The number of hydrogen-bond donors (Lipinski definition) is 2. The molecule has 18 heavy (non-hydrogen) atoms. The van der Waals surface area contributed by atoms with Crippen molar-refractivity contribution in [3.05, 3.63) is 30.3 Å². The molecule has 1 heterocycles. The fourth-order valence-electron chi connectivity index (χ4n) is 2.84. The highest BCUT2D eigenvalue weighted by Gasteiger charge is 2.38. The van der Waals surface area contributed by atoms with Crippen molar-refractivity contribution in [2.24, 2.45) is 0 Å². The minimum atomic E-state index is -0.0214. The van der Waals surface area contributed by atoms with E-state index in [2.05, 4.69) is 40.5 Å². The van der Waals surface area contributed by atoms with Crippen molar-refractivity contribution in [3.8, 4) is 0 Å². The van der Waals surface area contributed by atoms with Gasteiger partial charge in [0.25, 0.3) is 0 Å². The molecule has 0 bridgehead atoms. The van der Waals surface area contributed by atoms with Gasteiger partial charge in [0.05, 0.1) is 6.61 Å². The maximum atomic E-state index is 9.69. The van der Waals surface area contributed by atoms with Gasteiger partial charge in [0.15, 0.2) is 0 Å². The number of piperidine rings is 1. The van der Waals surface area contributed by atoms with E-state index in [1.165, 1.54) is 18.5 Å². The number of hydrogen-bond acceptors (Lipinski definition) is 3. The van der Waals surface area contributed by atoms with Crippen LogP contribution in [0.5, 0.6) is 0 Å². The minimum absolute atomic E-state index is 0.0214. The zero-order valence-electron chi connectivity index (χ0n) is 10.8. The summed E-state index contributed by atoms with van der Waals surface area (Å²) in [7, 11) is 0. The number of anilines is 1. The van der Waals surface area contributed by atoms with E-state index in [4.69, 9.17) is 0 Å². The molecule has 1 aliphatic heterocycles. The van der Waals surface area contributed by atoms with Crippen LogP contribution in [0.2, 0.25) is 0 Å². The topological polar surface area (TPSA) is 35.5 Å². The Kier molecular flexibility index (Phi) is 3.27. The molecular formula is C15H22N2O. The number of benzene rings is 1. The predicted octanol–water partition coefficient (Wildman–Crippen LogP) is 1.77. The minimum Gasteiger partial charge on any atom is -0.394 e. The Balaban J connectivity index is 1.62. The van der Waals surface area contributed by atoms with E-state index in [1.54, 1.807) is 0 Å². The molecule has 0 atom stereocenters. The largest absolute Gasteiger partial charge is 0.394 e. The van der Waals surface area contributed by atoms with Crippen LogP contribution in [0.3, 0.4) is 0 Å². The van der Waals surface area contributed by atoms with Gasteiger partial charge < -0.3 is 15.3 Å². The molecule has 2 aliphatic rings. The van der Waals surface area contributed by atoms with Crippen molar-refractivity contribution in [2.75, 3.05) is 24.6 Å². The van der Waals surface area contributed by atoms with Gasteiger partial charge in [-0.25, -0.2) is 0 Å². The number of nitrogens with one attached hydrogen (secondary N) is 1. The van der Waals surface area contributed by atoms with E-state index in [1.807, 2.05) is 0 Å². The van der Waals surface area contributed by atoms with Crippen LogP contribution in [0.25, 0.3) is 0 Å². The zero-order valence-corrected chi connectivity index (χ0v) is 10.8. The monoisotopic (exact) mass is 246 g/mol. The Morgan fingerprint density at radius 2 is 1.83 bits per heavy atom. The van der Waals surface area contributed by atoms with Crippen molar-refractivity contribution in [2.45, 2.75) is 37.3 Å². The molecule has 0 radical (unpaired) electrons. The van der Waals surface area contributed by atoms with Crippen LogP contribution >= 0.6 is 0 Å². The van der Waals surface area contributed by atoms with Crippen LogP contribution < -0.4 is 10.2 Å². The predicted molar refractivity (Wildman–Crippen MR) is 73.9 cm³/mol. The Hall–Kier alpha value is -1.06. The molecule has 0 unspecified atom stereocenters. The third-order valence-electron chi connectivity index (χ3n) is 4.23. The van der Waals surface area contributed by atoms with Gasteiger partial charge in [-0.15, -0.1) is 0 Å². The molecule has 3 nitrogen and oxygen atoms in total. The number of aliphatic hydroxyl groups excluding tert-OH is 1. The summed E-state index contributed by atoms with van der Waals surface area (Å²) in [5.74, 6) is 0. The Morgan fingerprint density at radius 1 is 1.17 bits per heavy atom. The Labute approximate surface area is 109 Å². The third-order valence-corrected chi connectivity index (χ3v) is 4.23. The molecule has 1 aromatic carbocycles. The summed E-state index contributed by atoms with van der Waals surface area (Å²) in [5, 5.41) is 13.3. The maximum absolute atomic E-state index is 9.69. The SMILES string of the molecule is OCC1(NC2CC2)CCN(c2ccccc2)CC1. The lowest BCUT2D eigenvalue weighted by molar-refractivity contribution is 0.132. The van der Waals surface area contributed by atoms with Crippen LogP contribution in [0.15, 0.2) is 30.3 Å². The molecule has 0 spiro atoms. The van der Waals surface area contributed by atoms with Gasteiger partial charge in [-0.3, -0.25) is 0 Å². The van der Waals surface area contributed by atoms with Crippen LogP contribution in [-0.2, 0) is 0 Å². The maximum Gasteiger partial charge on any atom is 0.0614 e. The standard InChI is InChI=1S/C15H22N2O/c18-12-15(16-13-6-7-13)8-10-17(11-9-15)14-4-2-1-3-5-14/h1-5,13,16,18H,6-12H2. The van der Waals surface area contributed by atoms with Gasteiger partial charge in [-0.05, 0) is 37.8 Å². The quantitative estimate of drug-likeness (QED) is 0.850. The molecule has 1 saturated heterocycles. The second-order valence-corrected chi connectivity index (χ2v) is 5.68. The van der Waals surface area contributed by atoms with Crippen LogP contribution in [0.4, 0.5) is 5.69 Å². The lowest BCUT2D eigenvalue weighted by Gasteiger charge is -2.42. The van der Waals surface area contributed by atoms with Crippen LogP contribution in [0, 0.1) is 0 Å². The average molecular weight is 246 g/mol. The highest BCUT2D eigenvalue weighted by atomic mass is 16.3. The van der Waals surface area contributed by atoms with E-state index in [9.17, 15) is 5.11 Å². The molecule has 1 aliphatic carbocycles. The Morgan fingerprint density at radius 3 is 2.39 bits per heavy atom. The van der Waals surface area contributed by atoms with E-state index in [-0.39, 0.29) is 12.1 Å². The Bertz CT molecular complexity index is 381. The highest BCUT2D eigenvalue weighted by molar-refractivity contribution is 5.46. The lowest BCUT2D eigenvalue weighted by atomic mass is 9.88. The summed E-state index contributed by atoms with van der Waals surface area (Å²) in [6.45, 7) is 2.33. The first-order valence-corrected chi connectivity index (χ1v) is 7.00. The van der Waals surface area contributed by atoms with E-state index >= 15 is 0 Å². The smallest absolute Gasteiger partial charge is 0.0614 e. The van der Waals surface area contributed by atoms with E-state index < -0.39 is 0 Å². The van der Waals surface area contributed by atoms with E-state index in [0.29, 0.717) is 6.04 Å². The summed E-state index contributed by atoms with van der Waals surface area (Å²) >= 11 is 0. The van der Waals surface area contributed by atoms with Gasteiger partial charge in [0.1, 0.15) is 0 Å². The summed E-state index contributed by atoms with van der Waals surface area (Å²) in [6, 6.07) is 11.2. The van der Waals surface area contributed by atoms with Crippen molar-refractivity contribution in [3.63, 3.8) is 0 Å². The van der Waals surface area contributed by atoms with Gasteiger partial charge in [-0.2, -0.15) is 0 Å². The first kappa shape index (κ1) is 12.0. The van der Waals surface area contributed by atoms with Crippen molar-refractivity contribution < 1.29 is 5.11 Å². The molecule has 3 rings (SSSR count). The summed E-state index contributed by atoms with van der Waals surface area (Å²) in [4.78, 5) is 2.42. The van der Waals surface area contributed by atoms with Gasteiger partial charge in [0, 0.05) is 30.4 Å². The zero-order chi connectivity index (χ0) is 12.4. The fraction of sp³-hybridized carbons (Fsp3) is 0.600. The van der Waals surface area contributed by atoms with E-state index in [0.717, 1.165) is 25.9 Å². The summed E-state index contributed by atoms with van der Waals surface area (Å²) in [5.41, 5.74) is 1.28. The molecule has 1 saturated carbocycles. The van der Waals surface area contributed by atoms with Crippen molar-refractivity contribution in [1.29, 1.82) is 0 Å². The second-order valence-electron chi connectivity index (χ2n) is 5.68. The van der Waals surface area contributed by atoms with Crippen LogP contribution in [0.1, 0.15) is 25.7 Å². The summed E-state index contributed by atoms with van der Waals surface area (Å²) < 4.78 is 0. The number of para-hydroxylation sites is 1. The molecular weight excluding hydrogens is 224 g/mol. The molecule has 2 fully saturated rings. The molecule has 0 amide bonds. The summed E-state index contributed by atoms with van der Waals surface area (Å²) in [6.07, 6.45) is 4.64. The highest BCUT2D eigenvalue weighted by Crippen LogP contribution is 2.30. The molecule has 3 heteroatoms. The lowest BCUT2D eigenvalue weighted by Crippen LogP contribution is -2.56. The fourth-order valence-corrected chi connectivity index (χ4v) is 2.84. The molecule has 1 aromatic rings. The van der Waals surface area contributed by atoms with Gasteiger partial charge in [0.2, 0.25) is 0 Å². The average Bonchev–Trinajstić information content (AvgIpc) is 3.24. The van der Waals surface area contributed by atoms with Crippen molar-refractivity contribution >= 4 is 5.69 Å². The molecule has 2 N–H and O–H groups in total. The number of rotatable bonds is 4.